The van der Waals surface area contributed by atoms with Crippen molar-refractivity contribution in [3.8, 4) is 17.0 Å². The molecule has 0 bridgehead atoms. The van der Waals surface area contributed by atoms with Crippen LogP contribution in [0.1, 0.15) is 63.6 Å². The Morgan fingerprint density at radius 2 is 2.00 bits per heavy atom. The van der Waals surface area contributed by atoms with Gasteiger partial charge in [0, 0.05) is 55.2 Å². The van der Waals surface area contributed by atoms with Crippen LogP contribution in [0.2, 0.25) is 0 Å². The summed E-state index contributed by atoms with van der Waals surface area (Å²) in [7, 11) is 0. The number of rotatable bonds is 6. The van der Waals surface area contributed by atoms with E-state index in [2.05, 4.69) is 33.2 Å². The Hall–Kier alpha value is -2.33. The van der Waals surface area contributed by atoms with Crippen LogP contribution in [-0.4, -0.2) is 57.4 Å². The molecule has 35 heavy (non-hydrogen) atoms. The maximum atomic E-state index is 12.8. The van der Waals surface area contributed by atoms with Crippen LogP contribution in [-0.2, 0) is 4.74 Å². The minimum Gasteiger partial charge on any atom is -0.402 e. The van der Waals surface area contributed by atoms with Crippen LogP contribution in [0.4, 0.5) is 19.0 Å². The first-order valence-electron chi connectivity index (χ1n) is 12.7. The van der Waals surface area contributed by atoms with Crippen molar-refractivity contribution in [1.82, 2.24) is 19.7 Å². The standard InChI is InChI=1S/C25H32F3N5O2/c1-3-14(2)33-20(10-19(31-33)15-7-21(23(29)30-11-15)35-25(26,27)28)22-17-8-16(9-18(17)22)32-12-24(13-32)5-4-6-34-24/h7,10-11,14,16-18,22H,3-6,8-9,12-13H2,1-2H3,(H2,29,30)/t14?,16-,17+,18-,22-. The van der Waals surface area contributed by atoms with Crippen molar-refractivity contribution < 1.29 is 22.6 Å². The zero-order valence-corrected chi connectivity index (χ0v) is 20.1. The van der Waals surface area contributed by atoms with E-state index in [4.69, 9.17) is 15.6 Å². The lowest BCUT2D eigenvalue weighted by Gasteiger charge is -2.50. The smallest absolute Gasteiger partial charge is 0.402 e. The van der Waals surface area contributed by atoms with Crippen LogP contribution in [0.5, 0.6) is 5.75 Å². The molecular weight excluding hydrogens is 459 g/mol. The van der Waals surface area contributed by atoms with E-state index in [9.17, 15) is 13.2 Å². The average molecular weight is 492 g/mol. The minimum atomic E-state index is -4.84. The lowest BCUT2D eigenvalue weighted by molar-refractivity contribution is -0.274. The molecule has 6 rings (SSSR count). The molecule has 0 aromatic carbocycles. The highest BCUT2D eigenvalue weighted by Crippen LogP contribution is 2.65. The van der Waals surface area contributed by atoms with Crippen molar-refractivity contribution in [2.45, 2.75) is 75.9 Å². The highest BCUT2D eigenvalue weighted by atomic mass is 19.4. The zero-order valence-electron chi connectivity index (χ0n) is 20.1. The molecule has 5 atom stereocenters. The number of ether oxygens (including phenoxy) is 2. The number of hydrogen-bond donors (Lipinski definition) is 1. The van der Waals surface area contributed by atoms with Gasteiger partial charge >= 0.3 is 6.36 Å². The number of anilines is 1. The number of pyridine rings is 1. The molecule has 190 valence electrons. The van der Waals surface area contributed by atoms with E-state index in [0.717, 1.165) is 26.1 Å². The van der Waals surface area contributed by atoms with E-state index in [1.165, 1.54) is 43.6 Å². The third-order valence-electron chi connectivity index (χ3n) is 8.62. The second kappa shape index (κ2) is 8.09. The fourth-order valence-corrected chi connectivity index (χ4v) is 6.63. The number of nitrogen functional groups attached to an aromatic ring is 1. The summed E-state index contributed by atoms with van der Waals surface area (Å²) >= 11 is 0. The first-order chi connectivity index (χ1) is 16.7. The Kier molecular flexibility index (Phi) is 5.34. The van der Waals surface area contributed by atoms with Gasteiger partial charge in [0.25, 0.3) is 0 Å². The second-order valence-corrected chi connectivity index (χ2v) is 10.8. The predicted octanol–water partition coefficient (Wildman–Crippen LogP) is 4.75. The van der Waals surface area contributed by atoms with Crippen LogP contribution in [0.25, 0.3) is 11.3 Å². The van der Waals surface area contributed by atoms with E-state index in [-0.39, 0.29) is 17.5 Å². The first kappa shape index (κ1) is 23.1. The molecule has 2 aliphatic heterocycles. The summed E-state index contributed by atoms with van der Waals surface area (Å²) < 4.78 is 50.5. The summed E-state index contributed by atoms with van der Waals surface area (Å²) in [5.41, 5.74) is 8.00. The zero-order chi connectivity index (χ0) is 24.5. The van der Waals surface area contributed by atoms with Gasteiger partial charge in [-0.1, -0.05) is 6.92 Å². The molecule has 4 aliphatic rings. The molecule has 4 heterocycles. The third-order valence-corrected chi connectivity index (χ3v) is 8.62. The maximum absolute atomic E-state index is 12.8. The van der Waals surface area contributed by atoms with Crippen molar-refractivity contribution in [3.05, 3.63) is 24.0 Å². The van der Waals surface area contributed by atoms with Crippen LogP contribution >= 0.6 is 0 Å². The number of halogens is 3. The molecule has 2 aromatic heterocycles. The third kappa shape index (κ3) is 4.08. The maximum Gasteiger partial charge on any atom is 0.573 e. The number of likely N-dealkylation sites (tertiary alicyclic amines) is 1. The van der Waals surface area contributed by atoms with Gasteiger partial charge in [-0.3, -0.25) is 9.58 Å². The number of alkyl halides is 3. The predicted molar refractivity (Wildman–Crippen MR) is 124 cm³/mol. The Balaban J connectivity index is 1.20. The molecule has 0 radical (unpaired) electrons. The van der Waals surface area contributed by atoms with Gasteiger partial charge in [0.05, 0.1) is 11.3 Å². The SMILES string of the molecule is CCC(C)n1nc(-c2cnc(N)c(OC(F)(F)F)c2)cc1[C@H]1[C@@H]2C[C@H](N3CC4(CCCO4)C3)C[C@@H]21. The van der Waals surface area contributed by atoms with Gasteiger partial charge in [0.1, 0.15) is 0 Å². The van der Waals surface area contributed by atoms with Gasteiger partial charge in [-0.05, 0) is 63.0 Å². The molecule has 0 amide bonds. The summed E-state index contributed by atoms with van der Waals surface area (Å²) in [4.78, 5) is 6.53. The normalized spacial score (nSPS) is 30.3. The molecule has 2 aromatic rings. The molecule has 10 heteroatoms. The fraction of sp³-hybridized carbons (Fsp3) is 0.680. The molecule has 2 N–H and O–H groups in total. The quantitative estimate of drug-likeness (QED) is 0.628. The van der Waals surface area contributed by atoms with E-state index >= 15 is 0 Å². The molecule has 1 unspecified atom stereocenters. The highest BCUT2D eigenvalue weighted by Gasteiger charge is 2.61. The van der Waals surface area contributed by atoms with Crippen molar-refractivity contribution in [2.24, 2.45) is 11.8 Å². The van der Waals surface area contributed by atoms with E-state index < -0.39 is 12.1 Å². The summed E-state index contributed by atoms with van der Waals surface area (Å²) in [6, 6.07) is 4.13. The van der Waals surface area contributed by atoms with Crippen molar-refractivity contribution in [2.75, 3.05) is 25.4 Å². The molecule has 2 aliphatic carbocycles. The Morgan fingerprint density at radius 3 is 2.63 bits per heavy atom. The number of aromatic nitrogens is 3. The number of fused-ring (bicyclic) bond motifs is 1. The summed E-state index contributed by atoms with van der Waals surface area (Å²) in [6.07, 6.45) is 2.30. The fourth-order valence-electron chi connectivity index (χ4n) is 6.63. The summed E-state index contributed by atoms with van der Waals surface area (Å²) in [5.74, 6) is 0.932. The van der Waals surface area contributed by atoms with Crippen LogP contribution in [0, 0.1) is 11.8 Å². The average Bonchev–Trinajstić information content (AvgIpc) is 3.27. The van der Waals surface area contributed by atoms with Gasteiger partial charge < -0.3 is 15.2 Å². The molecule has 1 spiro atoms. The second-order valence-electron chi connectivity index (χ2n) is 10.8. The molecule has 2 saturated carbocycles. The van der Waals surface area contributed by atoms with Crippen molar-refractivity contribution in [1.29, 1.82) is 0 Å². The van der Waals surface area contributed by atoms with Gasteiger partial charge in [-0.25, -0.2) is 4.98 Å². The highest BCUT2D eigenvalue weighted by molar-refractivity contribution is 5.64. The Labute approximate surface area is 202 Å². The number of nitrogens with two attached hydrogens (primary N) is 1. The van der Waals surface area contributed by atoms with Crippen molar-refractivity contribution in [3.63, 3.8) is 0 Å². The van der Waals surface area contributed by atoms with E-state index in [1.807, 2.05) is 6.07 Å². The van der Waals surface area contributed by atoms with Crippen LogP contribution < -0.4 is 10.5 Å². The van der Waals surface area contributed by atoms with Gasteiger partial charge in [0.2, 0.25) is 0 Å². The molecule has 7 nitrogen and oxygen atoms in total. The minimum absolute atomic E-state index is 0.137. The Bertz CT molecular complexity index is 1090. The van der Waals surface area contributed by atoms with Crippen LogP contribution in [0.3, 0.4) is 0 Å². The topological polar surface area (TPSA) is 78.4 Å². The monoisotopic (exact) mass is 491 g/mol. The first-order valence-corrected chi connectivity index (χ1v) is 12.7. The molecule has 2 saturated heterocycles. The van der Waals surface area contributed by atoms with Gasteiger partial charge in [0.15, 0.2) is 11.6 Å². The largest absolute Gasteiger partial charge is 0.573 e. The molecular formula is C25H32F3N5O2. The lowest BCUT2D eigenvalue weighted by Crippen LogP contribution is -2.64. The lowest BCUT2D eigenvalue weighted by atomic mass is 9.88. The summed E-state index contributed by atoms with van der Waals surface area (Å²) in [5, 5.41) is 4.81. The Morgan fingerprint density at radius 1 is 1.26 bits per heavy atom. The number of nitrogens with zero attached hydrogens (tertiary/aromatic N) is 4. The van der Waals surface area contributed by atoms with Crippen LogP contribution in [0.15, 0.2) is 18.3 Å². The van der Waals surface area contributed by atoms with Gasteiger partial charge in [-0.15, -0.1) is 13.2 Å². The van der Waals surface area contributed by atoms with Crippen molar-refractivity contribution >= 4 is 5.82 Å². The summed E-state index contributed by atoms with van der Waals surface area (Å²) in [6.45, 7) is 7.29. The van der Waals surface area contributed by atoms with E-state index in [1.54, 1.807) is 0 Å². The number of hydrogen-bond acceptors (Lipinski definition) is 6. The van der Waals surface area contributed by atoms with Gasteiger partial charge in [-0.2, -0.15) is 5.10 Å². The molecule has 4 fully saturated rings. The van der Waals surface area contributed by atoms with E-state index in [0.29, 0.717) is 35.1 Å².